The third-order valence-corrected chi connectivity index (χ3v) is 3.09. The number of rotatable bonds is 4. The molecule has 2 aromatic carbocycles. The van der Waals surface area contributed by atoms with Crippen LogP contribution in [0, 0.1) is 12.7 Å². The Hall–Kier alpha value is -1.94. The van der Waals surface area contributed by atoms with E-state index in [-0.39, 0.29) is 5.82 Å². The first-order valence-electron chi connectivity index (χ1n) is 5.95. The summed E-state index contributed by atoms with van der Waals surface area (Å²) in [5.74, 6) is -0.223. The Morgan fingerprint density at radius 1 is 1.26 bits per heavy atom. The van der Waals surface area contributed by atoms with E-state index < -0.39 is 0 Å². The van der Waals surface area contributed by atoms with Crippen LogP contribution in [-0.2, 0) is 6.54 Å². The third-order valence-electron chi connectivity index (χ3n) is 2.87. The van der Waals surface area contributed by atoms with E-state index in [0.717, 1.165) is 16.8 Å². The molecule has 0 amide bonds. The standard InChI is InChI=1S/C15H15FN2S/c1-10-6-7-12(15(17)19)14(8-10)18-9-11-4-2-3-5-13(11)16/h2-8,18H,9H2,1H3,(H2,17,19). The van der Waals surface area contributed by atoms with Gasteiger partial charge < -0.3 is 11.1 Å². The van der Waals surface area contributed by atoms with Crippen LogP contribution < -0.4 is 11.1 Å². The van der Waals surface area contributed by atoms with Gasteiger partial charge in [-0.2, -0.15) is 0 Å². The molecular weight excluding hydrogens is 259 g/mol. The molecule has 19 heavy (non-hydrogen) atoms. The Morgan fingerprint density at radius 2 is 2.00 bits per heavy atom. The van der Waals surface area contributed by atoms with Crippen molar-refractivity contribution in [3.05, 3.63) is 65.0 Å². The monoisotopic (exact) mass is 274 g/mol. The molecule has 0 aliphatic rings. The fourth-order valence-electron chi connectivity index (χ4n) is 1.85. The summed E-state index contributed by atoms with van der Waals surface area (Å²) in [5, 5.41) is 3.19. The Morgan fingerprint density at radius 3 is 2.68 bits per heavy atom. The normalized spacial score (nSPS) is 10.2. The highest BCUT2D eigenvalue weighted by Gasteiger charge is 2.06. The number of benzene rings is 2. The summed E-state index contributed by atoms with van der Waals surface area (Å²) in [4.78, 5) is 0.330. The Balaban J connectivity index is 2.22. The van der Waals surface area contributed by atoms with E-state index in [9.17, 15) is 4.39 Å². The first kappa shape index (κ1) is 13.5. The first-order valence-corrected chi connectivity index (χ1v) is 6.36. The summed E-state index contributed by atoms with van der Waals surface area (Å²) >= 11 is 5.01. The molecule has 2 nitrogen and oxygen atoms in total. The lowest BCUT2D eigenvalue weighted by Gasteiger charge is -2.12. The van der Waals surface area contributed by atoms with Crippen LogP contribution in [-0.4, -0.2) is 4.99 Å². The van der Waals surface area contributed by atoms with Crippen molar-refractivity contribution in [2.45, 2.75) is 13.5 Å². The summed E-state index contributed by atoms with van der Waals surface area (Å²) in [6.07, 6.45) is 0. The highest BCUT2D eigenvalue weighted by atomic mass is 32.1. The van der Waals surface area contributed by atoms with Gasteiger partial charge in [0.15, 0.2) is 0 Å². The van der Waals surface area contributed by atoms with Crippen LogP contribution in [0.5, 0.6) is 0 Å². The fourth-order valence-corrected chi connectivity index (χ4v) is 2.03. The second kappa shape index (κ2) is 5.80. The van der Waals surface area contributed by atoms with E-state index in [0.29, 0.717) is 17.1 Å². The van der Waals surface area contributed by atoms with Gasteiger partial charge >= 0.3 is 0 Å². The summed E-state index contributed by atoms with van der Waals surface area (Å²) < 4.78 is 13.5. The zero-order chi connectivity index (χ0) is 13.8. The molecule has 0 radical (unpaired) electrons. The van der Waals surface area contributed by atoms with Crippen molar-refractivity contribution in [2.75, 3.05) is 5.32 Å². The maximum absolute atomic E-state index is 13.5. The van der Waals surface area contributed by atoms with Crippen molar-refractivity contribution in [1.29, 1.82) is 0 Å². The van der Waals surface area contributed by atoms with Crippen LogP contribution in [0.25, 0.3) is 0 Å². The second-order valence-corrected chi connectivity index (χ2v) is 4.80. The topological polar surface area (TPSA) is 38.0 Å². The number of anilines is 1. The molecule has 98 valence electrons. The first-order chi connectivity index (χ1) is 9.08. The molecule has 0 aromatic heterocycles. The number of thiocarbonyl (C=S) groups is 1. The molecule has 2 aromatic rings. The van der Waals surface area contributed by atoms with E-state index in [1.807, 2.05) is 31.2 Å². The van der Waals surface area contributed by atoms with Crippen molar-refractivity contribution in [1.82, 2.24) is 0 Å². The lowest BCUT2D eigenvalue weighted by molar-refractivity contribution is 0.613. The van der Waals surface area contributed by atoms with E-state index in [4.69, 9.17) is 18.0 Å². The molecule has 0 heterocycles. The van der Waals surface area contributed by atoms with Gasteiger partial charge in [-0.15, -0.1) is 0 Å². The van der Waals surface area contributed by atoms with Gasteiger partial charge in [-0.25, -0.2) is 4.39 Å². The van der Waals surface area contributed by atoms with Crippen molar-refractivity contribution in [2.24, 2.45) is 5.73 Å². The van der Waals surface area contributed by atoms with Crippen molar-refractivity contribution >= 4 is 22.9 Å². The number of aryl methyl sites for hydroxylation is 1. The quantitative estimate of drug-likeness (QED) is 0.839. The van der Waals surface area contributed by atoms with Crippen LogP contribution in [0.1, 0.15) is 16.7 Å². The largest absolute Gasteiger partial charge is 0.389 e. The third kappa shape index (κ3) is 3.29. The molecule has 0 fully saturated rings. The van der Waals surface area contributed by atoms with Crippen LogP contribution >= 0.6 is 12.2 Å². The number of nitrogens with one attached hydrogen (secondary N) is 1. The maximum atomic E-state index is 13.5. The van der Waals surface area contributed by atoms with E-state index >= 15 is 0 Å². The average molecular weight is 274 g/mol. The lowest BCUT2D eigenvalue weighted by Crippen LogP contribution is -2.13. The molecule has 3 N–H and O–H groups in total. The van der Waals surface area contributed by atoms with Crippen LogP contribution in [0.3, 0.4) is 0 Å². The number of hydrogen-bond donors (Lipinski definition) is 2. The van der Waals surface area contributed by atoms with Crippen LogP contribution in [0.2, 0.25) is 0 Å². The van der Waals surface area contributed by atoms with Gasteiger partial charge in [-0.3, -0.25) is 0 Å². The smallest absolute Gasteiger partial charge is 0.128 e. The minimum atomic E-state index is -0.223. The zero-order valence-corrected chi connectivity index (χ0v) is 11.4. The Bertz CT molecular complexity index is 611. The Kier molecular flexibility index (Phi) is 4.12. The molecule has 0 atom stereocenters. The number of nitrogens with two attached hydrogens (primary N) is 1. The second-order valence-electron chi connectivity index (χ2n) is 4.36. The van der Waals surface area contributed by atoms with Gasteiger partial charge in [0.1, 0.15) is 10.8 Å². The number of hydrogen-bond acceptors (Lipinski definition) is 2. The molecule has 0 spiro atoms. The van der Waals surface area contributed by atoms with Crippen LogP contribution in [0.15, 0.2) is 42.5 Å². The van der Waals surface area contributed by atoms with Crippen molar-refractivity contribution < 1.29 is 4.39 Å². The van der Waals surface area contributed by atoms with E-state index in [2.05, 4.69) is 5.32 Å². The zero-order valence-electron chi connectivity index (χ0n) is 10.6. The highest BCUT2D eigenvalue weighted by Crippen LogP contribution is 2.19. The molecule has 4 heteroatoms. The molecule has 0 saturated heterocycles. The summed E-state index contributed by atoms with van der Waals surface area (Å²) in [7, 11) is 0. The highest BCUT2D eigenvalue weighted by molar-refractivity contribution is 7.80. The average Bonchev–Trinajstić information content (AvgIpc) is 2.37. The molecule has 2 rings (SSSR count). The maximum Gasteiger partial charge on any atom is 0.128 e. The SMILES string of the molecule is Cc1ccc(C(N)=S)c(NCc2ccccc2F)c1. The summed E-state index contributed by atoms with van der Waals surface area (Å²) in [5.41, 5.74) is 8.99. The summed E-state index contributed by atoms with van der Waals surface area (Å²) in [6.45, 7) is 2.38. The predicted molar refractivity (Wildman–Crippen MR) is 80.8 cm³/mol. The molecule has 0 aliphatic heterocycles. The van der Waals surface area contributed by atoms with Gasteiger partial charge in [0.05, 0.1) is 0 Å². The Labute approximate surface area is 117 Å². The van der Waals surface area contributed by atoms with Crippen LogP contribution in [0.4, 0.5) is 10.1 Å². The van der Waals surface area contributed by atoms with E-state index in [1.165, 1.54) is 6.07 Å². The minimum Gasteiger partial charge on any atom is -0.389 e. The number of halogens is 1. The van der Waals surface area contributed by atoms with Crippen molar-refractivity contribution in [3.63, 3.8) is 0 Å². The molecule has 0 saturated carbocycles. The molecular formula is C15H15FN2S. The molecule has 0 unspecified atom stereocenters. The van der Waals surface area contributed by atoms with Gasteiger partial charge in [0, 0.05) is 23.4 Å². The summed E-state index contributed by atoms with van der Waals surface area (Å²) in [6, 6.07) is 12.5. The van der Waals surface area contributed by atoms with Crippen molar-refractivity contribution in [3.8, 4) is 0 Å². The molecule has 0 bridgehead atoms. The van der Waals surface area contributed by atoms with E-state index in [1.54, 1.807) is 12.1 Å². The lowest BCUT2D eigenvalue weighted by atomic mass is 10.1. The van der Waals surface area contributed by atoms with Gasteiger partial charge in [0.25, 0.3) is 0 Å². The molecule has 0 aliphatic carbocycles. The van der Waals surface area contributed by atoms with Gasteiger partial charge in [-0.05, 0) is 30.7 Å². The predicted octanol–water partition coefficient (Wildman–Crippen LogP) is 3.38. The van der Waals surface area contributed by atoms with Gasteiger partial charge in [0.2, 0.25) is 0 Å². The van der Waals surface area contributed by atoms with Gasteiger partial charge in [-0.1, -0.05) is 36.5 Å². The fraction of sp³-hybridized carbons (Fsp3) is 0.133. The minimum absolute atomic E-state index is 0.223.